The number of para-hydroxylation sites is 1. The van der Waals surface area contributed by atoms with Crippen molar-refractivity contribution >= 4 is 11.6 Å². The van der Waals surface area contributed by atoms with E-state index in [1.807, 2.05) is 0 Å². The molecule has 20 heavy (non-hydrogen) atoms. The Morgan fingerprint density at radius 1 is 1.20 bits per heavy atom. The molecule has 1 N–H and O–H groups in total. The van der Waals surface area contributed by atoms with E-state index >= 15 is 0 Å². The maximum absolute atomic E-state index is 12.7. The molecule has 0 saturated heterocycles. The third-order valence-corrected chi connectivity index (χ3v) is 2.93. The van der Waals surface area contributed by atoms with E-state index < -0.39 is 12.0 Å². The highest BCUT2D eigenvalue weighted by atomic mass is 19.4. The summed E-state index contributed by atoms with van der Waals surface area (Å²) in [4.78, 5) is 18.6. The average Bonchev–Trinajstić information content (AvgIpc) is 2.52. The van der Waals surface area contributed by atoms with E-state index in [2.05, 4.69) is 15.3 Å². The quantitative estimate of drug-likeness (QED) is 0.806. The molecular formula is C13H8F3N3O. The lowest BCUT2D eigenvalue weighted by atomic mass is 10.1. The number of nitrogens with one attached hydrogen (secondary N) is 1. The van der Waals surface area contributed by atoms with Gasteiger partial charge in [0.05, 0.1) is 17.8 Å². The Labute approximate surface area is 111 Å². The number of fused-ring (bicyclic) bond motifs is 3. The van der Waals surface area contributed by atoms with Crippen molar-refractivity contribution in [1.29, 1.82) is 0 Å². The molecule has 0 fully saturated rings. The molecule has 0 radical (unpaired) electrons. The lowest BCUT2D eigenvalue weighted by Gasteiger charge is -2.10. The van der Waals surface area contributed by atoms with Crippen LogP contribution in [0, 0.1) is 0 Å². The van der Waals surface area contributed by atoms with Crippen molar-refractivity contribution in [3.05, 3.63) is 41.9 Å². The molecule has 7 heteroatoms. The van der Waals surface area contributed by atoms with Crippen LogP contribution in [0.1, 0.15) is 11.4 Å². The van der Waals surface area contributed by atoms with Crippen LogP contribution in [0.25, 0.3) is 11.3 Å². The Hall–Kier alpha value is -2.44. The van der Waals surface area contributed by atoms with Crippen molar-refractivity contribution in [3.63, 3.8) is 0 Å². The number of carbonyl (C=O) groups excluding carboxylic acids is 1. The molecule has 3 rings (SSSR count). The fraction of sp³-hybridized carbons (Fsp3) is 0.154. The van der Waals surface area contributed by atoms with Gasteiger partial charge in [-0.3, -0.25) is 4.79 Å². The fourth-order valence-electron chi connectivity index (χ4n) is 2.07. The van der Waals surface area contributed by atoms with Crippen LogP contribution in [0.4, 0.5) is 18.9 Å². The highest BCUT2D eigenvalue weighted by molar-refractivity contribution is 5.99. The van der Waals surface area contributed by atoms with Crippen LogP contribution < -0.4 is 5.32 Å². The first-order valence-corrected chi connectivity index (χ1v) is 5.77. The van der Waals surface area contributed by atoms with Gasteiger partial charge < -0.3 is 5.32 Å². The fourth-order valence-corrected chi connectivity index (χ4v) is 2.07. The molecule has 0 atom stereocenters. The van der Waals surface area contributed by atoms with Crippen molar-refractivity contribution in [1.82, 2.24) is 9.97 Å². The van der Waals surface area contributed by atoms with Crippen LogP contribution in [-0.2, 0) is 17.4 Å². The lowest BCUT2D eigenvalue weighted by molar-refractivity contribution is -0.144. The molecule has 0 spiro atoms. The zero-order chi connectivity index (χ0) is 14.3. The minimum absolute atomic E-state index is 0.0534. The van der Waals surface area contributed by atoms with Crippen molar-refractivity contribution in [2.24, 2.45) is 0 Å². The normalized spacial score (nSPS) is 14.1. The maximum Gasteiger partial charge on any atom is 0.451 e. The largest absolute Gasteiger partial charge is 0.451 e. The number of hydrogen-bond acceptors (Lipinski definition) is 3. The second-order valence-corrected chi connectivity index (χ2v) is 4.34. The molecule has 2 aromatic rings. The summed E-state index contributed by atoms with van der Waals surface area (Å²) in [5.74, 6) is -1.51. The summed E-state index contributed by atoms with van der Waals surface area (Å²) in [6.45, 7) is 0. The molecular weight excluding hydrogens is 271 g/mol. The van der Waals surface area contributed by atoms with Crippen LogP contribution in [0.2, 0.25) is 0 Å². The minimum Gasteiger partial charge on any atom is -0.325 e. The topological polar surface area (TPSA) is 54.9 Å². The summed E-state index contributed by atoms with van der Waals surface area (Å²) in [6, 6.07) is 6.61. The first kappa shape index (κ1) is 12.6. The molecule has 1 aliphatic heterocycles. The van der Waals surface area contributed by atoms with Gasteiger partial charge in [-0.05, 0) is 6.07 Å². The third kappa shape index (κ3) is 2.11. The van der Waals surface area contributed by atoms with Gasteiger partial charge in [0.2, 0.25) is 11.7 Å². The summed E-state index contributed by atoms with van der Waals surface area (Å²) < 4.78 is 38.1. The van der Waals surface area contributed by atoms with Gasteiger partial charge in [-0.1, -0.05) is 18.2 Å². The van der Waals surface area contributed by atoms with Crippen LogP contribution >= 0.6 is 0 Å². The number of hydrogen-bond donors (Lipinski definition) is 1. The van der Waals surface area contributed by atoms with Crippen molar-refractivity contribution in [2.75, 3.05) is 5.32 Å². The van der Waals surface area contributed by atoms with Crippen molar-refractivity contribution < 1.29 is 18.0 Å². The third-order valence-electron chi connectivity index (χ3n) is 2.93. The van der Waals surface area contributed by atoms with Gasteiger partial charge in [0.1, 0.15) is 0 Å². The van der Waals surface area contributed by atoms with Crippen LogP contribution in [-0.4, -0.2) is 15.9 Å². The molecule has 1 aromatic heterocycles. The van der Waals surface area contributed by atoms with E-state index in [0.717, 1.165) is 6.20 Å². The molecule has 0 aliphatic carbocycles. The zero-order valence-electron chi connectivity index (χ0n) is 10.0. The zero-order valence-corrected chi connectivity index (χ0v) is 10.0. The molecule has 1 aromatic carbocycles. The van der Waals surface area contributed by atoms with E-state index in [1.165, 1.54) is 0 Å². The number of halogens is 3. The summed E-state index contributed by atoms with van der Waals surface area (Å²) >= 11 is 0. The maximum atomic E-state index is 12.7. The lowest BCUT2D eigenvalue weighted by Crippen LogP contribution is -2.14. The van der Waals surface area contributed by atoms with Gasteiger partial charge in [-0.25, -0.2) is 9.97 Å². The number of carbonyl (C=O) groups is 1. The monoisotopic (exact) mass is 279 g/mol. The highest BCUT2D eigenvalue weighted by Crippen LogP contribution is 2.34. The first-order chi connectivity index (χ1) is 9.45. The van der Waals surface area contributed by atoms with Crippen LogP contribution in [0.15, 0.2) is 30.5 Å². The highest BCUT2D eigenvalue weighted by Gasteiger charge is 2.36. The SMILES string of the molecule is O=C1Cc2cnc(C(F)(F)F)nc2-c2ccccc2N1. The van der Waals surface area contributed by atoms with Gasteiger partial charge in [-0.2, -0.15) is 13.2 Å². The molecule has 4 nitrogen and oxygen atoms in total. The number of alkyl halides is 3. The number of amides is 1. The summed E-state index contributed by atoms with van der Waals surface area (Å²) in [5, 5.41) is 2.64. The van der Waals surface area contributed by atoms with E-state index in [9.17, 15) is 18.0 Å². The molecule has 1 amide bonds. The number of nitrogens with zero attached hydrogens (tertiary/aromatic N) is 2. The van der Waals surface area contributed by atoms with Gasteiger partial charge in [0, 0.05) is 17.3 Å². The Morgan fingerprint density at radius 3 is 2.70 bits per heavy atom. The first-order valence-electron chi connectivity index (χ1n) is 5.77. The molecule has 102 valence electrons. The second-order valence-electron chi connectivity index (χ2n) is 4.34. The average molecular weight is 279 g/mol. The molecule has 2 heterocycles. The number of anilines is 1. The van der Waals surface area contributed by atoms with Gasteiger partial charge in [0.15, 0.2) is 0 Å². The Morgan fingerprint density at radius 2 is 1.95 bits per heavy atom. The predicted molar refractivity (Wildman–Crippen MR) is 64.8 cm³/mol. The van der Waals surface area contributed by atoms with E-state index in [4.69, 9.17) is 0 Å². The summed E-state index contributed by atoms with van der Waals surface area (Å²) in [5.41, 5.74) is 1.42. The Bertz CT molecular complexity index is 698. The predicted octanol–water partition coefficient (Wildman–Crippen LogP) is 2.66. The van der Waals surface area contributed by atoms with Crippen molar-refractivity contribution in [3.8, 4) is 11.3 Å². The van der Waals surface area contributed by atoms with Gasteiger partial charge in [0.25, 0.3) is 0 Å². The molecule has 1 aliphatic rings. The van der Waals surface area contributed by atoms with Gasteiger partial charge in [-0.15, -0.1) is 0 Å². The van der Waals surface area contributed by atoms with Crippen molar-refractivity contribution in [2.45, 2.75) is 12.6 Å². The standard InChI is InChI=1S/C13H8F3N3O/c14-13(15,16)12-17-6-7-5-10(20)18-9-4-2-1-3-8(9)11(7)19-12/h1-4,6H,5H2,(H,18,20). The van der Waals surface area contributed by atoms with Crippen LogP contribution in [0.5, 0.6) is 0 Å². The Kier molecular flexibility index (Phi) is 2.70. The number of aromatic nitrogens is 2. The Balaban J connectivity index is 2.25. The van der Waals surface area contributed by atoms with E-state index in [0.29, 0.717) is 16.8 Å². The number of benzene rings is 1. The van der Waals surface area contributed by atoms with E-state index in [1.54, 1.807) is 24.3 Å². The molecule has 0 unspecified atom stereocenters. The minimum atomic E-state index is -4.62. The van der Waals surface area contributed by atoms with E-state index in [-0.39, 0.29) is 18.0 Å². The smallest absolute Gasteiger partial charge is 0.325 e. The molecule has 0 bridgehead atoms. The molecule has 0 saturated carbocycles. The van der Waals surface area contributed by atoms with Gasteiger partial charge >= 0.3 is 6.18 Å². The number of rotatable bonds is 0. The summed E-state index contributed by atoms with van der Waals surface area (Å²) in [7, 11) is 0. The summed E-state index contributed by atoms with van der Waals surface area (Å²) in [6.07, 6.45) is -3.61. The van der Waals surface area contributed by atoms with Crippen LogP contribution in [0.3, 0.4) is 0 Å². The second kappa shape index (κ2) is 4.29.